The summed E-state index contributed by atoms with van der Waals surface area (Å²) in [6, 6.07) is 26.5. The molecule has 1 heterocycles. The zero-order valence-electron chi connectivity index (χ0n) is 13.8. The molecule has 0 bridgehead atoms. The molecule has 0 atom stereocenters. The second kappa shape index (κ2) is 6.49. The molecule has 4 aromatic rings. The Bertz CT molecular complexity index is 1060. The van der Waals surface area contributed by atoms with Gasteiger partial charge in [-0.25, -0.2) is 4.98 Å². The van der Waals surface area contributed by atoms with Gasteiger partial charge in [-0.1, -0.05) is 42.5 Å². The quantitative estimate of drug-likeness (QED) is 0.399. The summed E-state index contributed by atoms with van der Waals surface area (Å²) < 4.78 is 0. The van der Waals surface area contributed by atoms with Gasteiger partial charge < -0.3 is 10.2 Å². The SMILES string of the molecule is CN(C(=S)Nc1ccc2cc3ccccc3nc2c1)c1ccccc1. The molecular formula is C21H17N3S. The first-order chi connectivity index (χ1) is 12.2. The molecule has 3 nitrogen and oxygen atoms in total. The number of rotatable bonds is 2. The number of thiocarbonyl (C=S) groups is 1. The van der Waals surface area contributed by atoms with Gasteiger partial charge in [-0.2, -0.15) is 0 Å². The zero-order chi connectivity index (χ0) is 17.2. The van der Waals surface area contributed by atoms with Crippen molar-refractivity contribution in [1.29, 1.82) is 0 Å². The number of anilines is 2. The summed E-state index contributed by atoms with van der Waals surface area (Å²) >= 11 is 5.53. The van der Waals surface area contributed by atoms with Crippen LogP contribution in [0.2, 0.25) is 0 Å². The van der Waals surface area contributed by atoms with Crippen LogP contribution in [0, 0.1) is 0 Å². The van der Waals surface area contributed by atoms with Crippen LogP contribution in [0.15, 0.2) is 78.9 Å². The Balaban J connectivity index is 1.63. The standard InChI is InChI=1S/C21H17N3S/c1-24(18-8-3-2-4-9-18)21(25)22-17-12-11-16-13-15-7-5-6-10-19(15)23-20(16)14-17/h2-14H,1H3,(H,22,25). The minimum absolute atomic E-state index is 0.645. The lowest BCUT2D eigenvalue weighted by Gasteiger charge is -2.21. The summed E-state index contributed by atoms with van der Waals surface area (Å²) in [5.74, 6) is 0. The summed E-state index contributed by atoms with van der Waals surface area (Å²) in [5, 5.41) is 6.21. The van der Waals surface area contributed by atoms with E-state index in [0.717, 1.165) is 33.2 Å². The molecule has 0 amide bonds. The Morgan fingerprint density at radius 1 is 0.840 bits per heavy atom. The molecule has 0 saturated heterocycles. The monoisotopic (exact) mass is 343 g/mol. The molecule has 0 fully saturated rings. The molecule has 0 saturated carbocycles. The molecule has 0 aliphatic rings. The minimum Gasteiger partial charge on any atom is -0.332 e. The average molecular weight is 343 g/mol. The topological polar surface area (TPSA) is 28.2 Å². The van der Waals surface area contributed by atoms with Crippen molar-refractivity contribution >= 4 is 50.5 Å². The van der Waals surface area contributed by atoms with Crippen LogP contribution in [0.5, 0.6) is 0 Å². The molecule has 4 rings (SSSR count). The molecule has 0 radical (unpaired) electrons. The van der Waals surface area contributed by atoms with Crippen molar-refractivity contribution in [3.8, 4) is 0 Å². The highest BCUT2D eigenvalue weighted by molar-refractivity contribution is 7.80. The van der Waals surface area contributed by atoms with Crippen LogP contribution >= 0.6 is 12.2 Å². The maximum atomic E-state index is 5.53. The van der Waals surface area contributed by atoms with Crippen molar-refractivity contribution in [3.05, 3.63) is 78.9 Å². The molecule has 1 aromatic heterocycles. The highest BCUT2D eigenvalue weighted by Crippen LogP contribution is 2.23. The number of fused-ring (bicyclic) bond motifs is 2. The van der Waals surface area contributed by atoms with E-state index in [-0.39, 0.29) is 0 Å². The highest BCUT2D eigenvalue weighted by atomic mass is 32.1. The molecule has 0 aliphatic heterocycles. The van der Waals surface area contributed by atoms with Crippen molar-refractivity contribution in [2.75, 3.05) is 17.3 Å². The van der Waals surface area contributed by atoms with Gasteiger partial charge in [0.1, 0.15) is 0 Å². The third-order valence-corrected chi connectivity index (χ3v) is 4.59. The predicted octanol–water partition coefficient (Wildman–Crippen LogP) is 5.22. The Labute approximate surface area is 151 Å². The van der Waals surface area contributed by atoms with E-state index in [1.54, 1.807) is 0 Å². The molecule has 3 aromatic carbocycles. The molecule has 4 heteroatoms. The largest absolute Gasteiger partial charge is 0.332 e. The van der Waals surface area contributed by atoms with E-state index in [4.69, 9.17) is 17.2 Å². The second-order valence-electron chi connectivity index (χ2n) is 5.91. The van der Waals surface area contributed by atoms with Crippen LogP contribution in [0.25, 0.3) is 21.8 Å². The highest BCUT2D eigenvalue weighted by Gasteiger charge is 2.08. The maximum absolute atomic E-state index is 5.53. The molecule has 0 unspecified atom stereocenters. The lowest BCUT2D eigenvalue weighted by Crippen LogP contribution is -2.30. The van der Waals surface area contributed by atoms with E-state index in [1.165, 1.54) is 0 Å². The number of pyridine rings is 1. The van der Waals surface area contributed by atoms with E-state index >= 15 is 0 Å². The van der Waals surface area contributed by atoms with Crippen LogP contribution in [0.3, 0.4) is 0 Å². The van der Waals surface area contributed by atoms with Crippen molar-refractivity contribution in [1.82, 2.24) is 4.98 Å². The smallest absolute Gasteiger partial charge is 0.177 e. The lowest BCUT2D eigenvalue weighted by atomic mass is 10.1. The molecular weight excluding hydrogens is 326 g/mol. The summed E-state index contributed by atoms with van der Waals surface area (Å²) in [6.07, 6.45) is 0. The molecule has 25 heavy (non-hydrogen) atoms. The van der Waals surface area contributed by atoms with E-state index in [2.05, 4.69) is 23.5 Å². The third-order valence-electron chi connectivity index (χ3n) is 4.22. The third kappa shape index (κ3) is 3.16. The molecule has 1 N–H and O–H groups in total. The van der Waals surface area contributed by atoms with Crippen LogP contribution < -0.4 is 10.2 Å². The Hall–Kier alpha value is -2.98. The zero-order valence-corrected chi connectivity index (χ0v) is 14.6. The average Bonchev–Trinajstić information content (AvgIpc) is 2.66. The molecule has 0 aliphatic carbocycles. The minimum atomic E-state index is 0.645. The van der Waals surface area contributed by atoms with E-state index in [0.29, 0.717) is 5.11 Å². The van der Waals surface area contributed by atoms with Crippen LogP contribution in [-0.2, 0) is 0 Å². The van der Waals surface area contributed by atoms with Crippen LogP contribution in [0.4, 0.5) is 11.4 Å². The Morgan fingerprint density at radius 2 is 1.56 bits per heavy atom. The number of benzene rings is 3. The van der Waals surface area contributed by atoms with Crippen LogP contribution in [0.1, 0.15) is 0 Å². The van der Waals surface area contributed by atoms with Gasteiger partial charge in [0.25, 0.3) is 0 Å². The van der Waals surface area contributed by atoms with Gasteiger partial charge in [-0.05, 0) is 48.6 Å². The number of para-hydroxylation sites is 2. The fraction of sp³-hybridized carbons (Fsp3) is 0.0476. The fourth-order valence-corrected chi connectivity index (χ4v) is 3.05. The first-order valence-electron chi connectivity index (χ1n) is 8.10. The van der Waals surface area contributed by atoms with Gasteiger partial charge >= 0.3 is 0 Å². The molecule has 0 spiro atoms. The normalized spacial score (nSPS) is 10.8. The number of nitrogens with zero attached hydrogens (tertiary/aromatic N) is 2. The number of nitrogens with one attached hydrogen (secondary N) is 1. The van der Waals surface area contributed by atoms with Gasteiger partial charge in [0, 0.05) is 29.2 Å². The summed E-state index contributed by atoms with van der Waals surface area (Å²) in [5.41, 5.74) is 3.93. The van der Waals surface area contributed by atoms with Crippen LogP contribution in [-0.4, -0.2) is 17.1 Å². The second-order valence-corrected chi connectivity index (χ2v) is 6.30. The lowest BCUT2D eigenvalue weighted by molar-refractivity contribution is 1.28. The van der Waals surface area contributed by atoms with Crippen molar-refractivity contribution in [2.24, 2.45) is 0 Å². The summed E-state index contributed by atoms with van der Waals surface area (Å²) in [4.78, 5) is 6.70. The first kappa shape index (κ1) is 15.5. The first-order valence-corrected chi connectivity index (χ1v) is 8.51. The predicted molar refractivity (Wildman–Crippen MR) is 110 cm³/mol. The Kier molecular flexibility index (Phi) is 4.04. The van der Waals surface area contributed by atoms with Gasteiger partial charge in [-0.15, -0.1) is 0 Å². The van der Waals surface area contributed by atoms with E-state index in [9.17, 15) is 0 Å². The van der Waals surface area contributed by atoms with Crippen molar-refractivity contribution in [3.63, 3.8) is 0 Å². The van der Waals surface area contributed by atoms with Gasteiger partial charge in [0.05, 0.1) is 11.0 Å². The number of hydrogen-bond donors (Lipinski definition) is 1. The summed E-state index contributed by atoms with van der Waals surface area (Å²) in [6.45, 7) is 0. The maximum Gasteiger partial charge on any atom is 0.177 e. The van der Waals surface area contributed by atoms with Gasteiger partial charge in [0.2, 0.25) is 0 Å². The van der Waals surface area contributed by atoms with E-state index in [1.807, 2.05) is 72.6 Å². The molecule has 122 valence electrons. The van der Waals surface area contributed by atoms with Gasteiger partial charge in [0.15, 0.2) is 5.11 Å². The van der Waals surface area contributed by atoms with Crippen molar-refractivity contribution < 1.29 is 0 Å². The van der Waals surface area contributed by atoms with Crippen molar-refractivity contribution in [2.45, 2.75) is 0 Å². The number of aromatic nitrogens is 1. The fourth-order valence-electron chi connectivity index (χ4n) is 2.83. The number of hydrogen-bond acceptors (Lipinski definition) is 2. The van der Waals surface area contributed by atoms with E-state index < -0.39 is 0 Å². The Morgan fingerprint density at radius 3 is 2.40 bits per heavy atom. The van der Waals surface area contributed by atoms with Gasteiger partial charge in [-0.3, -0.25) is 0 Å². The summed E-state index contributed by atoms with van der Waals surface area (Å²) in [7, 11) is 1.96.